The molecule has 0 radical (unpaired) electrons. The minimum Gasteiger partial charge on any atom is -0.390 e. The van der Waals surface area contributed by atoms with Crippen LogP contribution in [0.1, 0.15) is 79.1 Å². The second-order valence-corrected chi connectivity index (χ2v) is 8.24. The molecule has 1 N–H and O–H groups in total. The number of carbonyl (C=O) groups is 1. The number of hydrogen-bond acceptors (Lipinski definition) is 2. The molecular formula is C18H32O2. The van der Waals surface area contributed by atoms with Crippen molar-refractivity contribution in [2.75, 3.05) is 0 Å². The number of carbonyl (C=O) groups excluding carboxylic acids is 1. The summed E-state index contributed by atoms with van der Waals surface area (Å²) in [6, 6.07) is 0. The van der Waals surface area contributed by atoms with E-state index in [2.05, 4.69) is 13.8 Å². The summed E-state index contributed by atoms with van der Waals surface area (Å²) in [5.41, 5.74) is -0.272. The molecule has 0 spiro atoms. The smallest absolute Gasteiger partial charge is 0.136 e. The molecule has 2 saturated carbocycles. The zero-order valence-corrected chi connectivity index (χ0v) is 13.7. The number of hydrogen-bond donors (Lipinski definition) is 1. The Labute approximate surface area is 124 Å². The zero-order valence-electron chi connectivity index (χ0n) is 13.7. The average Bonchev–Trinajstić information content (AvgIpc) is 2.66. The zero-order chi connectivity index (χ0) is 15.0. The van der Waals surface area contributed by atoms with E-state index in [0.29, 0.717) is 23.5 Å². The Morgan fingerprint density at radius 1 is 1.40 bits per heavy atom. The van der Waals surface area contributed by atoms with E-state index in [1.165, 1.54) is 19.3 Å². The van der Waals surface area contributed by atoms with Crippen molar-refractivity contribution in [1.82, 2.24) is 0 Å². The first-order valence-corrected chi connectivity index (χ1v) is 8.49. The summed E-state index contributed by atoms with van der Waals surface area (Å²) in [4.78, 5) is 12.2. The fourth-order valence-electron chi connectivity index (χ4n) is 4.96. The largest absolute Gasteiger partial charge is 0.390 e. The van der Waals surface area contributed by atoms with Crippen molar-refractivity contribution in [2.24, 2.45) is 23.2 Å². The summed E-state index contributed by atoms with van der Waals surface area (Å²) in [7, 11) is 0. The Morgan fingerprint density at radius 2 is 2.10 bits per heavy atom. The molecule has 2 heteroatoms. The molecule has 0 aromatic heterocycles. The molecule has 0 aromatic carbocycles. The first-order valence-electron chi connectivity index (χ1n) is 8.49. The highest BCUT2D eigenvalue weighted by atomic mass is 16.3. The molecule has 0 heterocycles. The summed E-state index contributed by atoms with van der Waals surface area (Å²) < 4.78 is 0. The van der Waals surface area contributed by atoms with Gasteiger partial charge in [0.15, 0.2) is 0 Å². The molecule has 2 aliphatic rings. The Hall–Kier alpha value is -0.370. The van der Waals surface area contributed by atoms with Crippen molar-refractivity contribution >= 4 is 5.78 Å². The number of aliphatic hydroxyl groups is 1. The second kappa shape index (κ2) is 5.79. The highest BCUT2D eigenvalue weighted by molar-refractivity contribution is 5.83. The van der Waals surface area contributed by atoms with Crippen molar-refractivity contribution < 1.29 is 9.90 Å². The predicted octanol–water partition coefficient (Wildman–Crippen LogP) is 4.35. The molecule has 0 aliphatic heterocycles. The number of rotatable bonds is 5. The number of ketones is 1. The summed E-state index contributed by atoms with van der Waals surface area (Å²) in [5.74, 6) is 2.26. The van der Waals surface area contributed by atoms with E-state index in [-0.39, 0.29) is 5.41 Å². The molecule has 20 heavy (non-hydrogen) atoms. The molecule has 0 amide bonds. The quantitative estimate of drug-likeness (QED) is 0.813. The van der Waals surface area contributed by atoms with Crippen LogP contribution in [0, 0.1) is 23.2 Å². The summed E-state index contributed by atoms with van der Waals surface area (Å²) >= 11 is 0. The van der Waals surface area contributed by atoms with Crippen LogP contribution in [0.3, 0.4) is 0 Å². The highest BCUT2D eigenvalue weighted by Gasteiger charge is 2.52. The first kappa shape index (κ1) is 16.0. The van der Waals surface area contributed by atoms with Gasteiger partial charge >= 0.3 is 0 Å². The molecule has 0 aromatic rings. The summed E-state index contributed by atoms with van der Waals surface area (Å²) in [6.07, 6.45) is 8.67. The Bertz CT molecular complexity index is 355. The van der Waals surface area contributed by atoms with Crippen molar-refractivity contribution in [3.63, 3.8) is 0 Å². The normalized spacial score (nSPS) is 36.0. The van der Waals surface area contributed by atoms with Crippen molar-refractivity contribution in [3.05, 3.63) is 0 Å². The minimum atomic E-state index is -0.539. The Morgan fingerprint density at radius 3 is 2.75 bits per heavy atom. The molecule has 0 bridgehead atoms. The van der Waals surface area contributed by atoms with Crippen molar-refractivity contribution in [2.45, 2.75) is 84.7 Å². The topological polar surface area (TPSA) is 37.3 Å². The molecular weight excluding hydrogens is 248 g/mol. The van der Waals surface area contributed by atoms with Gasteiger partial charge in [-0.15, -0.1) is 0 Å². The molecule has 1 unspecified atom stereocenters. The van der Waals surface area contributed by atoms with Gasteiger partial charge in [-0.1, -0.05) is 26.7 Å². The van der Waals surface area contributed by atoms with Crippen molar-refractivity contribution in [3.8, 4) is 0 Å². The van der Waals surface area contributed by atoms with Gasteiger partial charge in [-0.25, -0.2) is 0 Å². The maximum atomic E-state index is 12.2. The van der Waals surface area contributed by atoms with Crippen LogP contribution in [0.5, 0.6) is 0 Å². The lowest BCUT2D eigenvalue weighted by molar-refractivity contribution is -0.130. The molecule has 116 valence electrons. The van der Waals surface area contributed by atoms with Gasteiger partial charge in [0.2, 0.25) is 0 Å². The predicted molar refractivity (Wildman–Crippen MR) is 82.5 cm³/mol. The van der Waals surface area contributed by atoms with E-state index in [4.69, 9.17) is 0 Å². The van der Waals surface area contributed by atoms with E-state index in [1.54, 1.807) is 0 Å². The fourth-order valence-corrected chi connectivity index (χ4v) is 4.96. The van der Waals surface area contributed by atoms with Crippen LogP contribution >= 0.6 is 0 Å². The Kier molecular flexibility index (Phi) is 4.63. The summed E-state index contributed by atoms with van der Waals surface area (Å²) in [6.45, 7) is 8.52. The van der Waals surface area contributed by atoms with Crippen LogP contribution in [0.2, 0.25) is 0 Å². The van der Waals surface area contributed by atoms with Gasteiger partial charge in [0, 0.05) is 12.3 Å². The number of fused-ring (bicyclic) bond motifs is 1. The Balaban J connectivity index is 1.93. The third-order valence-corrected chi connectivity index (χ3v) is 6.07. The monoisotopic (exact) mass is 280 g/mol. The molecule has 0 saturated heterocycles. The SMILES string of the molecule is C[C@H](CCCC(C)(C)O)[C@H]1CCC2C(=O)CCC[C@@]21C. The van der Waals surface area contributed by atoms with E-state index < -0.39 is 5.60 Å². The molecule has 4 atom stereocenters. The van der Waals surface area contributed by atoms with E-state index in [0.717, 1.165) is 32.1 Å². The van der Waals surface area contributed by atoms with Crippen LogP contribution < -0.4 is 0 Å². The molecule has 2 aliphatic carbocycles. The van der Waals surface area contributed by atoms with E-state index >= 15 is 0 Å². The van der Waals surface area contributed by atoms with Gasteiger partial charge in [-0.05, 0) is 63.2 Å². The minimum absolute atomic E-state index is 0.267. The van der Waals surface area contributed by atoms with Gasteiger partial charge in [0.1, 0.15) is 5.78 Å². The van der Waals surface area contributed by atoms with E-state index in [9.17, 15) is 9.90 Å². The maximum absolute atomic E-state index is 12.2. The average molecular weight is 280 g/mol. The third-order valence-electron chi connectivity index (χ3n) is 6.07. The van der Waals surface area contributed by atoms with Gasteiger partial charge < -0.3 is 5.11 Å². The van der Waals surface area contributed by atoms with Crippen LogP contribution in [0.15, 0.2) is 0 Å². The van der Waals surface area contributed by atoms with Crippen molar-refractivity contribution in [1.29, 1.82) is 0 Å². The first-order chi connectivity index (χ1) is 9.24. The van der Waals surface area contributed by atoms with Gasteiger partial charge in [-0.2, -0.15) is 0 Å². The number of Topliss-reactive ketones (excluding diaryl/α,β-unsaturated/α-hetero) is 1. The molecule has 2 nitrogen and oxygen atoms in total. The lowest BCUT2D eigenvalue weighted by Gasteiger charge is -2.42. The molecule has 2 fully saturated rings. The molecule has 2 rings (SSSR count). The van der Waals surface area contributed by atoms with E-state index in [1.807, 2.05) is 13.8 Å². The second-order valence-electron chi connectivity index (χ2n) is 8.24. The lowest BCUT2D eigenvalue weighted by atomic mass is 9.62. The van der Waals surface area contributed by atoms with Crippen LogP contribution in [-0.4, -0.2) is 16.5 Å². The third kappa shape index (κ3) is 3.27. The summed E-state index contributed by atoms with van der Waals surface area (Å²) in [5, 5.41) is 9.82. The maximum Gasteiger partial charge on any atom is 0.136 e. The highest BCUT2D eigenvalue weighted by Crippen LogP contribution is 2.57. The van der Waals surface area contributed by atoms with Crippen LogP contribution in [0.25, 0.3) is 0 Å². The van der Waals surface area contributed by atoms with Crippen LogP contribution in [0.4, 0.5) is 0 Å². The van der Waals surface area contributed by atoms with Gasteiger partial charge in [0.25, 0.3) is 0 Å². The fraction of sp³-hybridized carbons (Fsp3) is 0.944. The van der Waals surface area contributed by atoms with Gasteiger partial charge in [0.05, 0.1) is 5.60 Å². The standard InChI is InChI=1S/C18H32O2/c1-13(7-5-11-17(2,3)20)14-9-10-15-16(19)8-6-12-18(14,15)4/h13-15,20H,5-12H2,1-4H3/t13-,14-,15?,18-/m1/s1. The lowest BCUT2D eigenvalue weighted by Crippen LogP contribution is -2.39. The van der Waals surface area contributed by atoms with Crippen LogP contribution in [-0.2, 0) is 4.79 Å². The van der Waals surface area contributed by atoms with Gasteiger partial charge in [-0.3, -0.25) is 4.79 Å².